The van der Waals surface area contributed by atoms with Gasteiger partial charge in [0.1, 0.15) is 5.82 Å². The van der Waals surface area contributed by atoms with Crippen molar-refractivity contribution in [3.05, 3.63) is 60.8 Å². The number of nitrogens with one attached hydrogen (secondary N) is 1. The SMILES string of the molecule is CC(Nc1ccc(I)cc1Cl)c1ccc(Br)cc1F. The highest BCUT2D eigenvalue weighted by molar-refractivity contribution is 14.1. The Bertz CT molecular complexity index is 606. The number of hydrogen-bond acceptors (Lipinski definition) is 1. The predicted molar refractivity (Wildman–Crippen MR) is 90.3 cm³/mol. The summed E-state index contributed by atoms with van der Waals surface area (Å²) in [6.07, 6.45) is 0. The molecule has 0 radical (unpaired) electrons. The number of rotatable bonds is 3. The lowest BCUT2D eigenvalue weighted by Crippen LogP contribution is -2.09. The van der Waals surface area contributed by atoms with E-state index in [1.807, 2.05) is 31.2 Å². The molecule has 0 aliphatic heterocycles. The van der Waals surface area contributed by atoms with E-state index in [2.05, 4.69) is 43.8 Å². The van der Waals surface area contributed by atoms with E-state index in [1.54, 1.807) is 6.07 Å². The van der Waals surface area contributed by atoms with E-state index in [0.29, 0.717) is 10.6 Å². The Balaban J connectivity index is 2.23. The van der Waals surface area contributed by atoms with Crippen molar-refractivity contribution < 1.29 is 4.39 Å². The summed E-state index contributed by atoms with van der Waals surface area (Å²) in [6, 6.07) is 10.6. The standard InChI is InChI=1S/C14H11BrClFIN/c1-8(11-4-2-9(15)6-13(11)17)19-14-5-3-10(18)7-12(14)16/h2-8,19H,1H3. The highest BCUT2D eigenvalue weighted by Crippen LogP contribution is 2.29. The van der Waals surface area contributed by atoms with Crippen molar-refractivity contribution in [3.8, 4) is 0 Å². The first kappa shape index (κ1) is 15.1. The average Bonchev–Trinajstić information content (AvgIpc) is 2.32. The van der Waals surface area contributed by atoms with Crippen LogP contribution in [-0.2, 0) is 0 Å². The Morgan fingerprint density at radius 3 is 2.63 bits per heavy atom. The van der Waals surface area contributed by atoms with Crippen LogP contribution >= 0.6 is 50.1 Å². The van der Waals surface area contributed by atoms with E-state index in [4.69, 9.17) is 11.6 Å². The van der Waals surface area contributed by atoms with Gasteiger partial charge in [0.05, 0.1) is 16.8 Å². The van der Waals surface area contributed by atoms with Crippen molar-refractivity contribution in [2.45, 2.75) is 13.0 Å². The molecule has 0 amide bonds. The van der Waals surface area contributed by atoms with Gasteiger partial charge in [0.2, 0.25) is 0 Å². The van der Waals surface area contributed by atoms with Crippen molar-refractivity contribution in [3.63, 3.8) is 0 Å². The van der Waals surface area contributed by atoms with Crippen LogP contribution in [0.1, 0.15) is 18.5 Å². The fourth-order valence-electron chi connectivity index (χ4n) is 1.77. The van der Waals surface area contributed by atoms with Crippen LogP contribution in [0.4, 0.5) is 10.1 Å². The van der Waals surface area contributed by atoms with Crippen LogP contribution in [0.2, 0.25) is 5.02 Å². The molecule has 19 heavy (non-hydrogen) atoms. The van der Waals surface area contributed by atoms with Crippen molar-refractivity contribution in [2.75, 3.05) is 5.32 Å². The van der Waals surface area contributed by atoms with Gasteiger partial charge in [-0.15, -0.1) is 0 Å². The first-order valence-electron chi connectivity index (χ1n) is 5.64. The molecule has 5 heteroatoms. The number of benzene rings is 2. The van der Waals surface area contributed by atoms with Crippen molar-refractivity contribution in [2.24, 2.45) is 0 Å². The molecule has 1 nitrogen and oxygen atoms in total. The minimum atomic E-state index is -0.240. The van der Waals surface area contributed by atoms with E-state index in [9.17, 15) is 4.39 Å². The summed E-state index contributed by atoms with van der Waals surface area (Å²) in [4.78, 5) is 0. The average molecular weight is 455 g/mol. The van der Waals surface area contributed by atoms with Gasteiger partial charge in [-0.25, -0.2) is 4.39 Å². The Kier molecular flexibility index (Phi) is 5.09. The number of anilines is 1. The van der Waals surface area contributed by atoms with Crippen LogP contribution < -0.4 is 5.32 Å². The lowest BCUT2D eigenvalue weighted by Gasteiger charge is -2.17. The van der Waals surface area contributed by atoms with E-state index in [-0.39, 0.29) is 11.9 Å². The zero-order valence-corrected chi connectivity index (χ0v) is 14.6. The molecule has 0 saturated carbocycles. The van der Waals surface area contributed by atoms with Gasteiger partial charge in [0, 0.05) is 13.6 Å². The van der Waals surface area contributed by atoms with Gasteiger partial charge in [0.15, 0.2) is 0 Å². The molecular formula is C14H11BrClFIN. The Morgan fingerprint density at radius 1 is 1.26 bits per heavy atom. The fraction of sp³-hybridized carbons (Fsp3) is 0.143. The van der Waals surface area contributed by atoms with E-state index < -0.39 is 0 Å². The molecular weight excluding hydrogens is 443 g/mol. The summed E-state index contributed by atoms with van der Waals surface area (Å²) in [6.45, 7) is 1.90. The molecule has 1 atom stereocenters. The molecule has 0 saturated heterocycles. The minimum Gasteiger partial charge on any atom is -0.377 e. The zero-order chi connectivity index (χ0) is 14.0. The Morgan fingerprint density at radius 2 is 2.00 bits per heavy atom. The zero-order valence-electron chi connectivity index (χ0n) is 10.1. The van der Waals surface area contributed by atoms with Gasteiger partial charge in [-0.3, -0.25) is 0 Å². The Hall–Kier alpha value is -0.330. The molecule has 0 heterocycles. The van der Waals surface area contributed by atoms with Crippen LogP contribution in [0.3, 0.4) is 0 Å². The molecule has 0 bridgehead atoms. The van der Waals surface area contributed by atoms with Gasteiger partial charge < -0.3 is 5.32 Å². The molecule has 0 aromatic heterocycles. The summed E-state index contributed by atoms with van der Waals surface area (Å²) in [5.41, 5.74) is 1.41. The monoisotopic (exact) mass is 453 g/mol. The number of hydrogen-bond donors (Lipinski definition) is 1. The van der Waals surface area contributed by atoms with Crippen LogP contribution in [0.25, 0.3) is 0 Å². The molecule has 0 aliphatic carbocycles. The molecule has 2 aromatic carbocycles. The smallest absolute Gasteiger partial charge is 0.129 e. The third-order valence-electron chi connectivity index (χ3n) is 2.73. The normalized spacial score (nSPS) is 12.3. The van der Waals surface area contributed by atoms with Gasteiger partial charge in [-0.05, 0) is 59.8 Å². The molecule has 100 valence electrons. The van der Waals surface area contributed by atoms with Gasteiger partial charge >= 0.3 is 0 Å². The van der Waals surface area contributed by atoms with Crippen molar-refractivity contribution in [1.82, 2.24) is 0 Å². The molecule has 1 unspecified atom stereocenters. The van der Waals surface area contributed by atoms with Crippen LogP contribution in [0.15, 0.2) is 40.9 Å². The van der Waals surface area contributed by atoms with E-state index >= 15 is 0 Å². The topological polar surface area (TPSA) is 12.0 Å². The first-order chi connectivity index (χ1) is 8.97. The summed E-state index contributed by atoms with van der Waals surface area (Å²) < 4.78 is 15.7. The highest BCUT2D eigenvalue weighted by atomic mass is 127. The number of halogens is 4. The molecule has 0 fully saturated rings. The van der Waals surface area contributed by atoms with E-state index in [1.165, 1.54) is 6.07 Å². The van der Waals surface area contributed by atoms with E-state index in [0.717, 1.165) is 13.7 Å². The lowest BCUT2D eigenvalue weighted by atomic mass is 10.1. The second-order valence-corrected chi connectivity index (χ2v) is 6.72. The van der Waals surface area contributed by atoms with Gasteiger partial charge in [-0.2, -0.15) is 0 Å². The third kappa shape index (κ3) is 3.83. The fourth-order valence-corrected chi connectivity index (χ4v) is 3.01. The maximum absolute atomic E-state index is 13.9. The van der Waals surface area contributed by atoms with Crippen LogP contribution in [0.5, 0.6) is 0 Å². The molecule has 1 N–H and O–H groups in total. The maximum atomic E-state index is 13.9. The maximum Gasteiger partial charge on any atom is 0.129 e. The second kappa shape index (κ2) is 6.41. The summed E-state index contributed by atoms with van der Waals surface area (Å²) >= 11 is 11.6. The van der Waals surface area contributed by atoms with Crippen molar-refractivity contribution >= 4 is 55.8 Å². The largest absolute Gasteiger partial charge is 0.377 e. The third-order valence-corrected chi connectivity index (χ3v) is 4.21. The first-order valence-corrected chi connectivity index (χ1v) is 7.89. The predicted octanol–water partition coefficient (Wildman–Crippen LogP) is 6.02. The molecule has 2 rings (SSSR count). The lowest BCUT2D eigenvalue weighted by molar-refractivity contribution is 0.599. The second-order valence-electron chi connectivity index (χ2n) is 4.16. The molecule has 2 aromatic rings. The Labute approximate surface area is 138 Å². The molecule has 0 aliphatic rings. The summed E-state index contributed by atoms with van der Waals surface area (Å²) in [7, 11) is 0. The minimum absolute atomic E-state index is 0.161. The van der Waals surface area contributed by atoms with Gasteiger partial charge in [0.25, 0.3) is 0 Å². The highest BCUT2D eigenvalue weighted by Gasteiger charge is 2.12. The quantitative estimate of drug-likeness (QED) is 0.560. The van der Waals surface area contributed by atoms with Gasteiger partial charge in [-0.1, -0.05) is 33.6 Å². The van der Waals surface area contributed by atoms with Crippen LogP contribution in [0, 0.1) is 9.39 Å². The van der Waals surface area contributed by atoms with Crippen molar-refractivity contribution in [1.29, 1.82) is 0 Å². The molecule has 0 spiro atoms. The van der Waals surface area contributed by atoms with Crippen LogP contribution in [-0.4, -0.2) is 0 Å². The summed E-state index contributed by atoms with van der Waals surface area (Å²) in [5, 5.41) is 3.86. The summed E-state index contributed by atoms with van der Waals surface area (Å²) in [5.74, 6) is -0.240.